The third kappa shape index (κ3) is 3.44. The van der Waals surface area contributed by atoms with E-state index in [1.807, 2.05) is 0 Å². The van der Waals surface area contributed by atoms with Crippen LogP contribution in [-0.2, 0) is 14.9 Å². The number of phenols is 2. The Kier molecular flexibility index (Phi) is 5.98. The lowest BCUT2D eigenvalue weighted by Crippen LogP contribution is -2.39. The largest absolute Gasteiger partial charge is 0.506 e. The van der Waals surface area contributed by atoms with Gasteiger partial charge in [-0.2, -0.15) is 8.42 Å². The van der Waals surface area contributed by atoms with E-state index in [2.05, 4.69) is 0 Å². The van der Waals surface area contributed by atoms with E-state index in [1.54, 1.807) is 6.07 Å². The van der Waals surface area contributed by atoms with Crippen LogP contribution >= 0.6 is 46.4 Å². The van der Waals surface area contributed by atoms with Gasteiger partial charge in [-0.15, -0.1) is 0 Å². The molecule has 0 bridgehead atoms. The van der Waals surface area contributed by atoms with Crippen molar-refractivity contribution >= 4 is 56.5 Å². The Labute approximate surface area is 186 Å². The van der Waals surface area contributed by atoms with Gasteiger partial charge in [0.25, 0.3) is 10.1 Å². The molecule has 3 rings (SSSR count). The molecule has 0 fully saturated rings. The van der Waals surface area contributed by atoms with Crippen LogP contribution in [-0.4, -0.2) is 23.2 Å². The second kappa shape index (κ2) is 7.87. The molecule has 3 aromatic rings. The average molecular weight is 494 g/mol. The van der Waals surface area contributed by atoms with E-state index in [9.17, 15) is 23.2 Å². The standard InChI is InChI=1S/C19H12Cl4O5S/c20-13-9-12(16(22)18(25)17(13)23)19(29(26,27)28,10-5-2-1-3-6-10)11-7-4-8-14(24)15(11)21/h1-9,24-25H,(H,26,27,28). The molecule has 152 valence electrons. The molecule has 3 N–H and O–H groups in total. The lowest BCUT2D eigenvalue weighted by molar-refractivity contribution is 0.455. The highest BCUT2D eigenvalue weighted by Gasteiger charge is 2.52. The molecule has 1 atom stereocenters. The SMILES string of the molecule is O=S(=O)(O)C(c1ccccc1)(c1cccc(O)c1Cl)c1cc(Cl)c(Cl)c(O)c1Cl. The van der Waals surface area contributed by atoms with Gasteiger partial charge in [0.2, 0.25) is 0 Å². The molecule has 0 saturated heterocycles. The summed E-state index contributed by atoms with van der Waals surface area (Å²) < 4.78 is 34.0. The van der Waals surface area contributed by atoms with E-state index < -0.39 is 31.4 Å². The van der Waals surface area contributed by atoms with Gasteiger partial charge < -0.3 is 10.2 Å². The van der Waals surface area contributed by atoms with Crippen molar-refractivity contribution in [1.82, 2.24) is 0 Å². The highest BCUT2D eigenvalue weighted by atomic mass is 35.5. The minimum atomic E-state index is -5.09. The highest BCUT2D eigenvalue weighted by Crippen LogP contribution is 2.53. The summed E-state index contributed by atoms with van der Waals surface area (Å²) in [5.41, 5.74) is -0.463. The summed E-state index contributed by atoms with van der Waals surface area (Å²) in [4.78, 5) is 0. The molecule has 1 unspecified atom stereocenters. The number of aromatic hydroxyl groups is 2. The molecular formula is C19H12Cl4O5S. The molecule has 3 aromatic carbocycles. The monoisotopic (exact) mass is 492 g/mol. The summed E-state index contributed by atoms with van der Waals surface area (Å²) in [6.07, 6.45) is 0. The van der Waals surface area contributed by atoms with Crippen LogP contribution in [0.2, 0.25) is 20.1 Å². The summed E-state index contributed by atoms with van der Waals surface area (Å²) >= 11 is 24.5. The average Bonchev–Trinajstić information content (AvgIpc) is 2.67. The third-order valence-corrected chi connectivity index (χ3v) is 7.44. The second-order valence-corrected chi connectivity index (χ2v) is 9.15. The fourth-order valence-corrected chi connectivity index (χ4v) is 5.58. The van der Waals surface area contributed by atoms with Crippen molar-refractivity contribution in [2.75, 3.05) is 0 Å². The zero-order valence-corrected chi connectivity index (χ0v) is 18.1. The number of benzene rings is 3. The maximum absolute atomic E-state index is 13.0. The molecule has 0 spiro atoms. The van der Waals surface area contributed by atoms with Gasteiger partial charge in [-0.1, -0.05) is 88.9 Å². The Morgan fingerprint density at radius 1 is 0.759 bits per heavy atom. The van der Waals surface area contributed by atoms with Crippen LogP contribution in [0.3, 0.4) is 0 Å². The van der Waals surface area contributed by atoms with Gasteiger partial charge in [0.15, 0.2) is 10.5 Å². The Hall–Kier alpha value is -1.67. The van der Waals surface area contributed by atoms with Gasteiger partial charge in [0.05, 0.1) is 15.1 Å². The van der Waals surface area contributed by atoms with Gasteiger partial charge in [0, 0.05) is 11.1 Å². The summed E-state index contributed by atoms with van der Waals surface area (Å²) in [5.74, 6) is -1.09. The Bertz CT molecular complexity index is 1200. The fourth-order valence-electron chi connectivity index (χ4n) is 3.19. The molecule has 10 heteroatoms. The van der Waals surface area contributed by atoms with Crippen LogP contribution in [0.5, 0.6) is 11.5 Å². The lowest BCUT2D eigenvalue weighted by atomic mass is 9.83. The number of hydrogen-bond donors (Lipinski definition) is 3. The smallest absolute Gasteiger partial charge is 0.283 e. The van der Waals surface area contributed by atoms with Crippen molar-refractivity contribution in [2.24, 2.45) is 0 Å². The summed E-state index contributed by atoms with van der Waals surface area (Å²) in [7, 11) is -5.09. The van der Waals surface area contributed by atoms with Gasteiger partial charge in [-0.05, 0) is 17.7 Å². The molecule has 0 aliphatic heterocycles. The van der Waals surface area contributed by atoms with E-state index in [1.165, 1.54) is 42.5 Å². The molecule has 0 amide bonds. The molecule has 5 nitrogen and oxygen atoms in total. The van der Waals surface area contributed by atoms with E-state index in [0.29, 0.717) is 0 Å². The lowest BCUT2D eigenvalue weighted by Gasteiger charge is -2.34. The first-order valence-corrected chi connectivity index (χ1v) is 10.9. The Balaban J connectivity index is 2.65. The van der Waals surface area contributed by atoms with Gasteiger partial charge >= 0.3 is 0 Å². The molecule has 0 radical (unpaired) electrons. The van der Waals surface area contributed by atoms with Crippen LogP contribution in [0.4, 0.5) is 0 Å². The highest BCUT2D eigenvalue weighted by molar-refractivity contribution is 7.87. The molecule has 0 heterocycles. The quantitative estimate of drug-likeness (QED) is 0.239. The van der Waals surface area contributed by atoms with Crippen molar-refractivity contribution in [3.05, 3.63) is 91.4 Å². The summed E-state index contributed by atoms with van der Waals surface area (Å²) in [5, 5.41) is 19.1. The molecular weight excluding hydrogens is 482 g/mol. The first-order valence-electron chi connectivity index (χ1n) is 7.91. The van der Waals surface area contributed by atoms with E-state index in [4.69, 9.17) is 46.4 Å². The molecule has 0 aromatic heterocycles. The van der Waals surface area contributed by atoms with Gasteiger partial charge in [0.1, 0.15) is 10.8 Å². The minimum Gasteiger partial charge on any atom is -0.506 e. The predicted molar refractivity (Wildman–Crippen MR) is 114 cm³/mol. The van der Waals surface area contributed by atoms with E-state index >= 15 is 0 Å². The first-order chi connectivity index (χ1) is 13.5. The third-order valence-electron chi connectivity index (χ3n) is 4.44. The van der Waals surface area contributed by atoms with E-state index in [-0.39, 0.29) is 31.8 Å². The molecule has 0 saturated carbocycles. The van der Waals surface area contributed by atoms with Gasteiger partial charge in [-0.25, -0.2) is 0 Å². The van der Waals surface area contributed by atoms with Crippen molar-refractivity contribution in [3.63, 3.8) is 0 Å². The number of halogens is 4. The fraction of sp³-hybridized carbons (Fsp3) is 0.0526. The zero-order chi connectivity index (χ0) is 21.6. The number of hydrogen-bond acceptors (Lipinski definition) is 4. The number of phenolic OH excluding ortho intramolecular Hbond substituents is 2. The Morgan fingerprint density at radius 3 is 1.97 bits per heavy atom. The maximum atomic E-state index is 13.0. The van der Waals surface area contributed by atoms with Crippen LogP contribution in [0, 0.1) is 0 Å². The van der Waals surface area contributed by atoms with Gasteiger partial charge in [-0.3, -0.25) is 4.55 Å². The number of rotatable bonds is 4. The van der Waals surface area contributed by atoms with Crippen molar-refractivity contribution < 1.29 is 23.2 Å². The van der Waals surface area contributed by atoms with Crippen molar-refractivity contribution in [2.45, 2.75) is 4.75 Å². The van der Waals surface area contributed by atoms with Crippen molar-refractivity contribution in [3.8, 4) is 11.5 Å². The van der Waals surface area contributed by atoms with Crippen LogP contribution in [0.1, 0.15) is 16.7 Å². The van der Waals surface area contributed by atoms with Crippen LogP contribution < -0.4 is 0 Å². The van der Waals surface area contributed by atoms with Crippen LogP contribution in [0.25, 0.3) is 0 Å². The predicted octanol–water partition coefficient (Wildman–Crippen LogP) is 5.89. The summed E-state index contributed by atoms with van der Waals surface area (Å²) in [6, 6.07) is 12.6. The Morgan fingerprint density at radius 2 is 1.38 bits per heavy atom. The minimum absolute atomic E-state index is 0.0367. The van der Waals surface area contributed by atoms with Crippen LogP contribution in [0.15, 0.2) is 54.6 Å². The van der Waals surface area contributed by atoms with E-state index in [0.717, 1.165) is 6.07 Å². The second-order valence-electron chi connectivity index (χ2n) is 6.04. The first kappa shape index (κ1) is 22.0. The molecule has 29 heavy (non-hydrogen) atoms. The zero-order valence-electron chi connectivity index (χ0n) is 14.3. The maximum Gasteiger partial charge on any atom is 0.283 e. The summed E-state index contributed by atoms with van der Waals surface area (Å²) in [6.45, 7) is 0. The topological polar surface area (TPSA) is 94.8 Å². The molecule has 0 aliphatic rings. The normalized spacial score (nSPS) is 13.8. The molecule has 0 aliphatic carbocycles. The van der Waals surface area contributed by atoms with Crippen molar-refractivity contribution in [1.29, 1.82) is 0 Å².